The van der Waals surface area contributed by atoms with Crippen LogP contribution in [-0.4, -0.2) is 17.7 Å². The Kier molecular flexibility index (Phi) is 4.23. The first-order valence-electron chi connectivity index (χ1n) is 9.29. The van der Waals surface area contributed by atoms with Crippen LogP contribution in [0.3, 0.4) is 0 Å². The predicted octanol–water partition coefficient (Wildman–Crippen LogP) is 4.94. The summed E-state index contributed by atoms with van der Waals surface area (Å²) >= 11 is 0. The largest absolute Gasteiger partial charge is 0.478 e. The molecule has 0 unspecified atom stereocenters. The third-order valence-corrected chi connectivity index (χ3v) is 5.77. The first kappa shape index (κ1) is 17.1. The predicted molar refractivity (Wildman–Crippen MR) is 102 cm³/mol. The topological polar surface area (TPSA) is 58.6 Å². The van der Waals surface area contributed by atoms with Crippen LogP contribution in [-0.2, 0) is 4.74 Å². The minimum atomic E-state index is -0.876. The summed E-state index contributed by atoms with van der Waals surface area (Å²) in [4.78, 5) is 11.4. The quantitative estimate of drug-likeness (QED) is 0.804. The van der Waals surface area contributed by atoms with Crippen LogP contribution >= 0.6 is 0 Å². The molecule has 0 amide bonds. The molecule has 1 saturated heterocycles. The van der Waals surface area contributed by atoms with E-state index in [2.05, 4.69) is 30.4 Å². The lowest BCUT2D eigenvalue weighted by Gasteiger charge is -2.44. The van der Waals surface area contributed by atoms with Crippen molar-refractivity contribution in [3.05, 3.63) is 63.7 Å². The van der Waals surface area contributed by atoms with Gasteiger partial charge < -0.3 is 15.2 Å². The van der Waals surface area contributed by atoms with Crippen LogP contribution in [0.25, 0.3) is 0 Å². The Balaban J connectivity index is 1.82. The van der Waals surface area contributed by atoms with Gasteiger partial charge in [-0.3, -0.25) is 0 Å². The molecular formula is C22H25NO3. The van der Waals surface area contributed by atoms with Crippen LogP contribution in [0, 0.1) is 26.7 Å². The fourth-order valence-electron chi connectivity index (χ4n) is 4.66. The molecule has 2 aliphatic rings. The number of carbonyl (C=O) groups is 1. The number of benzene rings is 2. The lowest BCUT2D eigenvalue weighted by Crippen LogP contribution is -2.36. The van der Waals surface area contributed by atoms with Crippen molar-refractivity contribution in [2.75, 3.05) is 11.9 Å². The average molecular weight is 351 g/mol. The Morgan fingerprint density at radius 3 is 2.58 bits per heavy atom. The second-order valence-electron chi connectivity index (χ2n) is 7.64. The third kappa shape index (κ3) is 2.78. The highest BCUT2D eigenvalue weighted by Gasteiger charge is 2.40. The Bertz CT molecular complexity index is 851. The number of carboxylic acid groups (broad SMARTS) is 1. The second kappa shape index (κ2) is 6.44. The van der Waals surface area contributed by atoms with E-state index in [9.17, 15) is 9.90 Å². The molecule has 0 aromatic heterocycles. The van der Waals surface area contributed by atoms with Gasteiger partial charge in [-0.1, -0.05) is 17.7 Å². The van der Waals surface area contributed by atoms with Gasteiger partial charge in [-0.15, -0.1) is 0 Å². The highest BCUT2D eigenvalue weighted by atomic mass is 16.5. The number of carboxylic acids is 1. The van der Waals surface area contributed by atoms with Gasteiger partial charge in [0.2, 0.25) is 0 Å². The Labute approximate surface area is 154 Å². The highest BCUT2D eigenvalue weighted by molar-refractivity contribution is 5.88. The minimum Gasteiger partial charge on any atom is -0.478 e. The van der Waals surface area contributed by atoms with Gasteiger partial charge >= 0.3 is 5.97 Å². The van der Waals surface area contributed by atoms with Crippen LogP contribution in [0.1, 0.15) is 63.2 Å². The summed E-state index contributed by atoms with van der Waals surface area (Å²) in [5.41, 5.74) is 7.25. The van der Waals surface area contributed by atoms with Crippen LogP contribution < -0.4 is 5.32 Å². The molecule has 0 spiro atoms. The molecular weight excluding hydrogens is 326 g/mol. The van der Waals surface area contributed by atoms with E-state index in [0.29, 0.717) is 11.5 Å². The van der Waals surface area contributed by atoms with E-state index in [1.165, 1.54) is 16.7 Å². The SMILES string of the molecule is Cc1ccc2c(c1)[C@@H]1OCCC[C@@H]1[C@@H](c1c(C)cc(C(=O)O)cc1C)N2. The number of aryl methyl sites for hydroxylation is 3. The molecule has 4 rings (SSSR count). The van der Waals surface area contributed by atoms with Gasteiger partial charge in [0, 0.05) is 23.8 Å². The van der Waals surface area contributed by atoms with E-state index in [-0.39, 0.29) is 12.1 Å². The Morgan fingerprint density at radius 2 is 1.88 bits per heavy atom. The molecule has 3 atom stereocenters. The molecule has 0 saturated carbocycles. The van der Waals surface area contributed by atoms with Crippen molar-refractivity contribution in [2.45, 2.75) is 45.8 Å². The van der Waals surface area contributed by atoms with Gasteiger partial charge in [0.05, 0.1) is 17.7 Å². The fourth-order valence-corrected chi connectivity index (χ4v) is 4.66. The van der Waals surface area contributed by atoms with Crippen LogP contribution in [0.15, 0.2) is 30.3 Å². The first-order chi connectivity index (χ1) is 12.5. The minimum absolute atomic E-state index is 0.0999. The maximum absolute atomic E-state index is 11.4. The molecule has 4 heteroatoms. The van der Waals surface area contributed by atoms with E-state index in [4.69, 9.17) is 4.74 Å². The van der Waals surface area contributed by atoms with Crippen molar-refractivity contribution in [1.82, 2.24) is 0 Å². The van der Waals surface area contributed by atoms with Gasteiger partial charge in [0.25, 0.3) is 0 Å². The summed E-state index contributed by atoms with van der Waals surface area (Å²) in [5, 5.41) is 13.1. The summed E-state index contributed by atoms with van der Waals surface area (Å²) in [6.07, 6.45) is 2.27. The molecule has 1 fully saturated rings. The number of rotatable bonds is 2. The van der Waals surface area contributed by atoms with E-state index in [0.717, 1.165) is 36.3 Å². The molecule has 26 heavy (non-hydrogen) atoms. The lowest BCUT2D eigenvalue weighted by molar-refractivity contribution is -0.0382. The van der Waals surface area contributed by atoms with E-state index < -0.39 is 5.97 Å². The van der Waals surface area contributed by atoms with Gasteiger partial charge in [-0.2, -0.15) is 0 Å². The highest BCUT2D eigenvalue weighted by Crippen LogP contribution is 2.50. The molecule has 0 aliphatic carbocycles. The number of aromatic carboxylic acids is 1. The number of fused-ring (bicyclic) bond motifs is 3. The van der Waals surface area contributed by atoms with Gasteiger partial charge in [-0.05, 0) is 68.5 Å². The molecule has 0 radical (unpaired) electrons. The molecule has 2 aromatic carbocycles. The standard InChI is InChI=1S/C22H25NO3/c1-12-6-7-18-17(9-12)21-16(5-4-8-26-21)20(23-18)19-13(2)10-15(22(24)25)11-14(19)3/h6-7,9-11,16,20-21,23H,4-5,8H2,1-3H3,(H,24,25)/t16-,20+,21-/m1/s1. The zero-order chi connectivity index (χ0) is 18.4. The van der Waals surface area contributed by atoms with Crippen molar-refractivity contribution in [1.29, 1.82) is 0 Å². The molecule has 2 heterocycles. The first-order valence-corrected chi connectivity index (χ1v) is 9.29. The molecule has 0 bridgehead atoms. The normalized spacial score (nSPS) is 24.3. The lowest BCUT2D eigenvalue weighted by atomic mass is 9.75. The third-order valence-electron chi connectivity index (χ3n) is 5.77. The van der Waals surface area contributed by atoms with Crippen molar-refractivity contribution in [2.24, 2.45) is 5.92 Å². The summed E-state index contributed by atoms with van der Waals surface area (Å²) in [5.74, 6) is -0.523. The zero-order valence-corrected chi connectivity index (χ0v) is 15.5. The Hall–Kier alpha value is -2.33. The van der Waals surface area contributed by atoms with Gasteiger partial charge in [0.15, 0.2) is 0 Å². The Morgan fingerprint density at radius 1 is 1.15 bits per heavy atom. The monoisotopic (exact) mass is 351 g/mol. The molecule has 2 aliphatic heterocycles. The second-order valence-corrected chi connectivity index (χ2v) is 7.64. The molecule has 4 nitrogen and oxygen atoms in total. The van der Waals surface area contributed by atoms with Gasteiger partial charge in [0.1, 0.15) is 0 Å². The molecule has 136 valence electrons. The molecule has 2 aromatic rings. The summed E-state index contributed by atoms with van der Waals surface area (Å²) in [6, 6.07) is 10.2. The summed E-state index contributed by atoms with van der Waals surface area (Å²) in [7, 11) is 0. The maximum atomic E-state index is 11.4. The summed E-state index contributed by atoms with van der Waals surface area (Å²) < 4.78 is 6.22. The van der Waals surface area contributed by atoms with Crippen LogP contribution in [0.4, 0.5) is 5.69 Å². The number of ether oxygens (including phenoxy) is 1. The number of nitrogens with one attached hydrogen (secondary N) is 1. The maximum Gasteiger partial charge on any atom is 0.335 e. The van der Waals surface area contributed by atoms with Crippen molar-refractivity contribution in [3.8, 4) is 0 Å². The fraction of sp³-hybridized carbons (Fsp3) is 0.409. The van der Waals surface area contributed by atoms with Gasteiger partial charge in [-0.25, -0.2) is 4.79 Å². The van der Waals surface area contributed by atoms with Crippen molar-refractivity contribution >= 4 is 11.7 Å². The molecule has 2 N–H and O–H groups in total. The smallest absolute Gasteiger partial charge is 0.335 e. The van der Waals surface area contributed by atoms with Crippen LogP contribution in [0.5, 0.6) is 0 Å². The van der Waals surface area contributed by atoms with E-state index in [1.807, 2.05) is 13.8 Å². The average Bonchev–Trinajstić information content (AvgIpc) is 2.61. The summed E-state index contributed by atoms with van der Waals surface area (Å²) in [6.45, 7) is 6.94. The van der Waals surface area contributed by atoms with Crippen LogP contribution in [0.2, 0.25) is 0 Å². The van der Waals surface area contributed by atoms with E-state index in [1.54, 1.807) is 12.1 Å². The number of anilines is 1. The number of hydrogen-bond donors (Lipinski definition) is 2. The zero-order valence-electron chi connectivity index (χ0n) is 15.5. The van der Waals surface area contributed by atoms with E-state index >= 15 is 0 Å². The van der Waals surface area contributed by atoms with Crippen molar-refractivity contribution in [3.63, 3.8) is 0 Å². The van der Waals surface area contributed by atoms with Crippen molar-refractivity contribution < 1.29 is 14.6 Å². The number of hydrogen-bond acceptors (Lipinski definition) is 3.